The smallest absolute Gasteiger partial charge is 0.341 e. The molecule has 0 saturated heterocycles. The number of aromatic nitrogens is 1. The Morgan fingerprint density at radius 1 is 1.25 bits per heavy atom. The third kappa shape index (κ3) is 4.29. The molecule has 0 bridgehead atoms. The highest BCUT2D eigenvalue weighted by molar-refractivity contribution is 7.52. The molecular weight excluding hydrogens is 329 g/mol. The van der Waals surface area contributed by atoms with Crippen molar-refractivity contribution in [1.29, 1.82) is 0 Å². The van der Waals surface area contributed by atoms with Gasteiger partial charge in [-0.05, 0) is 18.1 Å². The maximum Gasteiger partial charge on any atom is 0.341 e. The van der Waals surface area contributed by atoms with E-state index in [9.17, 15) is 19.4 Å². The van der Waals surface area contributed by atoms with Gasteiger partial charge in [0.1, 0.15) is 0 Å². The van der Waals surface area contributed by atoms with Crippen LogP contribution in [0.1, 0.15) is 30.9 Å². The summed E-state index contributed by atoms with van der Waals surface area (Å²) in [6.45, 7) is 1.79. The zero-order chi connectivity index (χ0) is 17.6. The predicted octanol–water partition coefficient (Wildman–Crippen LogP) is 3.56. The van der Waals surface area contributed by atoms with Gasteiger partial charge in [-0.15, -0.1) is 0 Å². The van der Waals surface area contributed by atoms with Gasteiger partial charge in [-0.25, -0.2) is 4.79 Å². The summed E-state index contributed by atoms with van der Waals surface area (Å²) in [6.07, 6.45) is 3.13. The molecule has 2 atom stereocenters. The molecule has 6 nitrogen and oxygen atoms in total. The highest BCUT2D eigenvalue weighted by atomic mass is 31.2. The summed E-state index contributed by atoms with van der Waals surface area (Å²) in [5.41, 5.74) is -1.05. The average Bonchev–Trinajstić information content (AvgIpc) is 2.55. The number of benzene rings is 1. The topological polar surface area (TPSA) is 96.7 Å². The van der Waals surface area contributed by atoms with Gasteiger partial charge in [-0.3, -0.25) is 14.1 Å². The molecule has 0 radical (unpaired) electrons. The van der Waals surface area contributed by atoms with E-state index in [1.54, 1.807) is 49.4 Å². The average molecular weight is 349 g/mol. The maximum atomic E-state index is 12.6. The monoisotopic (exact) mass is 349 g/mol. The molecule has 0 spiro atoms. The van der Waals surface area contributed by atoms with Crippen molar-refractivity contribution >= 4 is 13.6 Å². The predicted molar refractivity (Wildman–Crippen MR) is 89.5 cm³/mol. The van der Waals surface area contributed by atoms with Crippen LogP contribution in [-0.2, 0) is 25.6 Å². The van der Waals surface area contributed by atoms with Gasteiger partial charge >= 0.3 is 13.6 Å². The largest absolute Gasteiger partial charge is 0.479 e. The molecule has 1 aromatic carbocycles. The SMILES string of the molecule is CCCC(OP(=O)(O)Cc1ccccc1)(C(=O)O)c1cccnc1. The van der Waals surface area contributed by atoms with Crippen molar-refractivity contribution in [2.45, 2.75) is 31.5 Å². The standard InChI is InChI=1S/C17H20NO5P/c1-2-10-17(16(19)20,15-9-6-11-18-12-15)23-24(21,22)13-14-7-4-3-5-8-14/h3-9,11-12H,2,10,13H2,1H3,(H,19,20)(H,21,22). The molecule has 0 aliphatic rings. The number of carboxylic acids is 1. The summed E-state index contributed by atoms with van der Waals surface area (Å²) >= 11 is 0. The van der Waals surface area contributed by atoms with E-state index in [0.717, 1.165) is 0 Å². The molecule has 0 amide bonds. The lowest BCUT2D eigenvalue weighted by Gasteiger charge is -2.31. The van der Waals surface area contributed by atoms with Gasteiger partial charge in [0.25, 0.3) is 0 Å². The molecule has 2 N–H and O–H groups in total. The Balaban J connectivity index is 2.37. The van der Waals surface area contributed by atoms with Crippen LogP contribution in [0.3, 0.4) is 0 Å². The van der Waals surface area contributed by atoms with E-state index in [0.29, 0.717) is 12.0 Å². The summed E-state index contributed by atoms with van der Waals surface area (Å²) in [7, 11) is -4.19. The fourth-order valence-electron chi connectivity index (χ4n) is 2.56. The van der Waals surface area contributed by atoms with Crippen LogP contribution in [0, 0.1) is 0 Å². The number of carboxylic acid groups (broad SMARTS) is 1. The maximum absolute atomic E-state index is 12.6. The minimum atomic E-state index is -4.19. The fourth-order valence-corrected chi connectivity index (χ4v) is 4.05. The van der Waals surface area contributed by atoms with Crippen LogP contribution in [-0.4, -0.2) is 21.0 Å². The van der Waals surface area contributed by atoms with E-state index in [-0.39, 0.29) is 18.1 Å². The van der Waals surface area contributed by atoms with E-state index < -0.39 is 19.2 Å². The van der Waals surface area contributed by atoms with Crippen molar-refractivity contribution in [3.63, 3.8) is 0 Å². The van der Waals surface area contributed by atoms with Crippen molar-refractivity contribution in [1.82, 2.24) is 4.98 Å². The Morgan fingerprint density at radius 3 is 2.50 bits per heavy atom. The normalized spacial score (nSPS) is 16.1. The van der Waals surface area contributed by atoms with Gasteiger partial charge in [0.15, 0.2) is 0 Å². The lowest BCUT2D eigenvalue weighted by Crippen LogP contribution is -2.38. The minimum absolute atomic E-state index is 0.0629. The molecular formula is C17H20NO5P. The van der Waals surface area contributed by atoms with Crippen LogP contribution < -0.4 is 0 Å². The van der Waals surface area contributed by atoms with Gasteiger partial charge < -0.3 is 10.00 Å². The van der Waals surface area contributed by atoms with Crippen LogP contribution in [0.15, 0.2) is 54.9 Å². The second kappa shape index (κ2) is 7.71. The Kier molecular flexibility index (Phi) is 5.89. The lowest BCUT2D eigenvalue weighted by atomic mass is 9.91. The molecule has 24 heavy (non-hydrogen) atoms. The third-order valence-corrected chi connectivity index (χ3v) is 4.96. The third-order valence-electron chi connectivity index (χ3n) is 3.60. The molecule has 0 fully saturated rings. The molecule has 0 aliphatic heterocycles. The molecule has 2 unspecified atom stereocenters. The first-order valence-corrected chi connectivity index (χ1v) is 9.36. The van der Waals surface area contributed by atoms with E-state index in [1.807, 2.05) is 0 Å². The molecule has 2 rings (SSSR count). The van der Waals surface area contributed by atoms with Crippen LogP contribution >= 0.6 is 7.60 Å². The molecule has 0 aliphatic carbocycles. The molecule has 1 aromatic heterocycles. The zero-order valence-corrected chi connectivity index (χ0v) is 14.2. The van der Waals surface area contributed by atoms with Crippen LogP contribution in [0.25, 0.3) is 0 Å². The van der Waals surface area contributed by atoms with Gasteiger partial charge in [0.2, 0.25) is 5.60 Å². The van der Waals surface area contributed by atoms with Crippen molar-refractivity contribution in [2.75, 3.05) is 0 Å². The van der Waals surface area contributed by atoms with E-state index in [2.05, 4.69) is 4.98 Å². The first kappa shape index (κ1) is 18.3. The summed E-state index contributed by atoms with van der Waals surface area (Å²) in [5, 5.41) is 9.75. The Morgan fingerprint density at radius 2 is 1.96 bits per heavy atom. The summed E-state index contributed by atoms with van der Waals surface area (Å²) in [6, 6.07) is 11.8. The van der Waals surface area contributed by atoms with Gasteiger partial charge in [0, 0.05) is 18.0 Å². The number of hydrogen-bond acceptors (Lipinski definition) is 4. The second-order valence-electron chi connectivity index (χ2n) is 5.50. The van der Waals surface area contributed by atoms with E-state index >= 15 is 0 Å². The molecule has 0 saturated carbocycles. The highest BCUT2D eigenvalue weighted by Gasteiger charge is 2.46. The Bertz CT molecular complexity index is 722. The number of nitrogens with zero attached hydrogens (tertiary/aromatic N) is 1. The van der Waals surface area contributed by atoms with Gasteiger partial charge in [-0.2, -0.15) is 0 Å². The van der Waals surface area contributed by atoms with E-state index in [1.165, 1.54) is 12.4 Å². The number of hydrogen-bond donors (Lipinski definition) is 2. The minimum Gasteiger partial charge on any atom is -0.479 e. The van der Waals surface area contributed by atoms with Crippen LogP contribution in [0.5, 0.6) is 0 Å². The van der Waals surface area contributed by atoms with E-state index in [4.69, 9.17) is 4.52 Å². The van der Waals surface area contributed by atoms with Gasteiger partial charge in [-0.1, -0.05) is 49.7 Å². The summed E-state index contributed by atoms with van der Waals surface area (Å²) in [5.74, 6) is -1.31. The zero-order valence-electron chi connectivity index (χ0n) is 13.3. The summed E-state index contributed by atoms with van der Waals surface area (Å²) < 4.78 is 18.0. The quantitative estimate of drug-likeness (QED) is 0.707. The molecule has 2 aromatic rings. The van der Waals surface area contributed by atoms with Gasteiger partial charge in [0.05, 0.1) is 6.16 Å². The number of rotatable bonds is 8. The second-order valence-corrected chi connectivity index (χ2v) is 7.27. The first-order chi connectivity index (χ1) is 11.4. The first-order valence-electron chi connectivity index (χ1n) is 7.60. The molecule has 1 heterocycles. The summed E-state index contributed by atoms with van der Waals surface area (Å²) in [4.78, 5) is 26.2. The van der Waals surface area contributed by atoms with Crippen molar-refractivity contribution in [2.24, 2.45) is 0 Å². The number of aliphatic carboxylic acids is 1. The number of pyridine rings is 1. The molecule has 128 valence electrons. The van der Waals surface area contributed by atoms with Crippen molar-refractivity contribution < 1.29 is 23.9 Å². The highest BCUT2D eigenvalue weighted by Crippen LogP contribution is 2.53. The Labute approximate surface area is 140 Å². The van der Waals surface area contributed by atoms with Crippen molar-refractivity contribution in [3.8, 4) is 0 Å². The lowest BCUT2D eigenvalue weighted by molar-refractivity contribution is -0.158. The molecule has 7 heteroatoms. The number of carbonyl (C=O) groups is 1. The Hall–Kier alpha value is -2.01. The van der Waals surface area contributed by atoms with Crippen LogP contribution in [0.4, 0.5) is 0 Å². The fraction of sp³-hybridized carbons (Fsp3) is 0.294. The van der Waals surface area contributed by atoms with Crippen LogP contribution in [0.2, 0.25) is 0 Å². The van der Waals surface area contributed by atoms with Crippen molar-refractivity contribution in [3.05, 3.63) is 66.0 Å².